The van der Waals surface area contributed by atoms with Crippen molar-refractivity contribution in [1.29, 1.82) is 0 Å². The monoisotopic (exact) mass is 512 g/mol. The number of hydrogen-bond donors (Lipinski definition) is 3. The molecule has 0 spiro atoms. The smallest absolute Gasteiger partial charge is 0.292 e. The summed E-state index contributed by atoms with van der Waals surface area (Å²) in [6.45, 7) is 1.60. The van der Waals surface area contributed by atoms with Crippen LogP contribution in [0, 0.1) is 6.92 Å². The molecule has 1 aromatic heterocycles. The lowest BCUT2D eigenvalue weighted by Crippen LogP contribution is -2.46. The van der Waals surface area contributed by atoms with Crippen LogP contribution in [0.15, 0.2) is 48.8 Å². The van der Waals surface area contributed by atoms with E-state index in [0.717, 1.165) is 5.56 Å². The molecule has 2 aromatic rings. The van der Waals surface area contributed by atoms with Gasteiger partial charge < -0.3 is 44.1 Å². The average molecular weight is 512 g/mol. The molecular formula is C22H29N2O10P. The van der Waals surface area contributed by atoms with Gasteiger partial charge in [0.05, 0.1) is 26.4 Å². The number of benzene rings is 1. The van der Waals surface area contributed by atoms with E-state index in [-0.39, 0.29) is 32.0 Å². The lowest BCUT2D eigenvalue weighted by atomic mass is 10.1. The molecule has 0 bridgehead atoms. The van der Waals surface area contributed by atoms with Gasteiger partial charge in [0.25, 0.3) is 20.0 Å². The SMILES string of the molecule is Cc1cccc(OCCOCCOP(=O)([O-])OC[C@H]2O[C@@H]([n+]3cccc(C(N)=O)c3)[C@H](O)[C@@H]2O)c1. The standard InChI is InChI=1S/C22H29N2O10P/c1-15-4-2-6-17(12-15)31-10-8-30-9-11-32-35(28,29)33-14-18-19(25)20(26)22(34-18)24-7-3-5-16(13-24)21(23)27/h2-7,12-13,18-20,22,25-26H,8-11,14H2,1H3,(H2-,23,27,28,29)/t18-,19-,20-,22-/m1/s1. The number of primary amides is 1. The topological polar surface area (TPSA) is 174 Å². The van der Waals surface area contributed by atoms with Crippen LogP contribution >= 0.6 is 7.82 Å². The molecule has 1 aromatic carbocycles. The Morgan fingerprint density at radius 1 is 1.14 bits per heavy atom. The maximum absolute atomic E-state index is 12.0. The summed E-state index contributed by atoms with van der Waals surface area (Å²) in [6.07, 6.45) is -2.25. The molecule has 1 saturated heterocycles. The number of pyridine rings is 1. The Labute approximate surface area is 202 Å². The number of ether oxygens (including phenoxy) is 3. The third kappa shape index (κ3) is 8.06. The molecular weight excluding hydrogens is 483 g/mol. The largest absolute Gasteiger partial charge is 0.756 e. The van der Waals surface area contributed by atoms with Gasteiger partial charge in [-0.25, -0.2) is 0 Å². The number of phosphoric ester groups is 1. The van der Waals surface area contributed by atoms with Crippen LogP contribution in [0.3, 0.4) is 0 Å². The molecule has 12 nitrogen and oxygen atoms in total. The predicted molar refractivity (Wildman–Crippen MR) is 118 cm³/mol. The Morgan fingerprint density at radius 2 is 1.91 bits per heavy atom. The molecule has 2 heterocycles. The zero-order valence-corrected chi connectivity index (χ0v) is 20.0. The second kappa shape index (κ2) is 12.5. The molecule has 1 amide bonds. The summed E-state index contributed by atoms with van der Waals surface area (Å²) < 4.78 is 39.2. The summed E-state index contributed by atoms with van der Waals surface area (Å²) in [4.78, 5) is 23.4. The van der Waals surface area contributed by atoms with Gasteiger partial charge in [-0.05, 0) is 30.7 Å². The fourth-order valence-electron chi connectivity index (χ4n) is 3.35. The van der Waals surface area contributed by atoms with Crippen LogP contribution < -0.4 is 19.9 Å². The van der Waals surface area contributed by atoms with Gasteiger partial charge in [0, 0.05) is 6.07 Å². The second-order valence-corrected chi connectivity index (χ2v) is 9.21. The van der Waals surface area contributed by atoms with Crippen LogP contribution in [-0.4, -0.2) is 67.5 Å². The number of rotatable bonds is 13. The lowest BCUT2D eigenvalue weighted by molar-refractivity contribution is -0.765. The van der Waals surface area contributed by atoms with Crippen LogP contribution in [0.2, 0.25) is 0 Å². The van der Waals surface area contributed by atoms with Crippen LogP contribution in [-0.2, 0) is 23.1 Å². The average Bonchev–Trinajstić information content (AvgIpc) is 3.11. The normalized spacial score (nSPS) is 23.7. The first-order valence-electron chi connectivity index (χ1n) is 10.9. The van der Waals surface area contributed by atoms with Gasteiger partial charge in [-0.3, -0.25) is 9.36 Å². The number of aryl methyl sites for hydroxylation is 1. The van der Waals surface area contributed by atoms with Gasteiger partial charge in [-0.2, -0.15) is 4.57 Å². The number of hydrogen-bond acceptors (Lipinski definition) is 10. The number of amides is 1. The van der Waals surface area contributed by atoms with Gasteiger partial charge in [0.15, 0.2) is 18.5 Å². The summed E-state index contributed by atoms with van der Waals surface area (Å²) in [6, 6.07) is 10.5. The number of aliphatic hydroxyl groups excluding tert-OH is 2. The number of aromatic nitrogens is 1. The first kappa shape index (κ1) is 27.2. The molecule has 0 radical (unpaired) electrons. The number of aliphatic hydroxyl groups is 2. The summed E-state index contributed by atoms with van der Waals surface area (Å²) in [5.74, 6) is 0.0319. The van der Waals surface area contributed by atoms with E-state index in [1.807, 2.05) is 31.2 Å². The maximum Gasteiger partial charge on any atom is 0.292 e. The molecule has 4 N–H and O–H groups in total. The predicted octanol–water partition coefficient (Wildman–Crippen LogP) is -0.402. The lowest BCUT2D eigenvalue weighted by Gasteiger charge is -2.24. The molecule has 3 rings (SSSR count). The van der Waals surface area contributed by atoms with E-state index in [1.165, 1.54) is 29.1 Å². The van der Waals surface area contributed by atoms with E-state index in [2.05, 4.69) is 0 Å². The van der Waals surface area contributed by atoms with E-state index in [0.29, 0.717) is 5.75 Å². The zero-order chi connectivity index (χ0) is 25.4. The summed E-state index contributed by atoms with van der Waals surface area (Å²) >= 11 is 0. The third-order valence-electron chi connectivity index (χ3n) is 5.10. The highest BCUT2D eigenvalue weighted by Gasteiger charge is 2.48. The molecule has 0 saturated carbocycles. The summed E-state index contributed by atoms with van der Waals surface area (Å²) in [7, 11) is -4.71. The molecule has 1 unspecified atom stereocenters. The molecule has 192 valence electrons. The molecule has 1 aliphatic heterocycles. The minimum Gasteiger partial charge on any atom is -0.756 e. The Kier molecular flexibility index (Phi) is 9.72. The van der Waals surface area contributed by atoms with Crippen molar-refractivity contribution in [1.82, 2.24) is 0 Å². The molecule has 13 heteroatoms. The summed E-state index contributed by atoms with van der Waals surface area (Å²) in [5.41, 5.74) is 6.48. The van der Waals surface area contributed by atoms with Crippen molar-refractivity contribution in [2.24, 2.45) is 5.73 Å². The van der Waals surface area contributed by atoms with E-state index in [9.17, 15) is 24.5 Å². The van der Waals surface area contributed by atoms with Gasteiger partial charge in [0.2, 0.25) is 0 Å². The van der Waals surface area contributed by atoms with Crippen LogP contribution in [0.25, 0.3) is 0 Å². The van der Waals surface area contributed by atoms with E-state index >= 15 is 0 Å². The van der Waals surface area contributed by atoms with Crippen LogP contribution in [0.1, 0.15) is 22.1 Å². The molecule has 1 fully saturated rings. The molecule has 1 aliphatic rings. The second-order valence-electron chi connectivity index (χ2n) is 7.80. The molecule has 5 atom stereocenters. The first-order chi connectivity index (χ1) is 16.7. The number of nitrogens with zero attached hydrogens (tertiary/aromatic N) is 1. The van der Waals surface area contributed by atoms with Gasteiger partial charge in [-0.15, -0.1) is 0 Å². The Morgan fingerprint density at radius 3 is 2.66 bits per heavy atom. The Balaban J connectivity index is 1.37. The number of phosphoric acid groups is 1. The van der Waals surface area contributed by atoms with Crippen molar-refractivity contribution < 1.29 is 52.3 Å². The number of carbonyl (C=O) groups excluding carboxylic acids is 1. The van der Waals surface area contributed by atoms with Crippen molar-refractivity contribution in [2.75, 3.05) is 33.0 Å². The molecule has 0 aliphatic carbocycles. The van der Waals surface area contributed by atoms with Crippen molar-refractivity contribution in [2.45, 2.75) is 31.5 Å². The van der Waals surface area contributed by atoms with Crippen molar-refractivity contribution in [3.63, 3.8) is 0 Å². The number of nitrogens with two attached hydrogens (primary N) is 1. The van der Waals surface area contributed by atoms with Crippen LogP contribution in [0.5, 0.6) is 5.75 Å². The Hall–Kier alpha value is -2.41. The maximum atomic E-state index is 12.0. The highest BCUT2D eigenvalue weighted by molar-refractivity contribution is 7.45. The van der Waals surface area contributed by atoms with E-state index in [4.69, 9.17) is 29.0 Å². The zero-order valence-electron chi connectivity index (χ0n) is 19.1. The first-order valence-corrected chi connectivity index (χ1v) is 12.3. The summed E-state index contributed by atoms with van der Waals surface area (Å²) in [5, 5.41) is 20.5. The van der Waals surface area contributed by atoms with Crippen LogP contribution in [0.4, 0.5) is 0 Å². The highest BCUT2D eigenvalue weighted by Crippen LogP contribution is 2.39. The molecule has 35 heavy (non-hydrogen) atoms. The fourth-order valence-corrected chi connectivity index (χ4v) is 4.05. The van der Waals surface area contributed by atoms with E-state index < -0.39 is 44.9 Å². The highest BCUT2D eigenvalue weighted by atomic mass is 31.2. The fraction of sp³-hybridized carbons (Fsp3) is 0.455. The van der Waals surface area contributed by atoms with Crippen molar-refractivity contribution in [3.8, 4) is 5.75 Å². The van der Waals surface area contributed by atoms with Crippen molar-refractivity contribution >= 4 is 13.7 Å². The van der Waals surface area contributed by atoms with Crippen molar-refractivity contribution in [3.05, 3.63) is 59.9 Å². The minimum atomic E-state index is -4.71. The number of carbonyl (C=O) groups is 1. The third-order valence-corrected chi connectivity index (χ3v) is 6.06. The van der Waals surface area contributed by atoms with Gasteiger partial charge in [0.1, 0.15) is 30.1 Å². The van der Waals surface area contributed by atoms with E-state index in [1.54, 1.807) is 0 Å². The Bertz CT molecular complexity index is 1040. The quantitative estimate of drug-likeness (QED) is 0.182. The minimum absolute atomic E-state index is 0.0110. The van der Waals surface area contributed by atoms with Gasteiger partial charge >= 0.3 is 0 Å². The van der Waals surface area contributed by atoms with Gasteiger partial charge in [-0.1, -0.05) is 12.1 Å².